The molecule has 0 saturated heterocycles. The zero-order valence-electron chi connectivity index (χ0n) is 11.5. The van der Waals surface area contributed by atoms with Crippen LogP contribution in [0.1, 0.15) is 27.0 Å². The molecule has 0 amide bonds. The Balaban J connectivity index is 1.75. The first-order valence-electron chi connectivity index (χ1n) is 7.04. The van der Waals surface area contributed by atoms with E-state index in [9.17, 15) is 4.79 Å². The van der Waals surface area contributed by atoms with Crippen LogP contribution in [-0.2, 0) is 18.0 Å². The minimum Gasteiger partial charge on any atom is -0.372 e. The largest absolute Gasteiger partial charge is 0.372 e. The second kappa shape index (κ2) is 4.83. The molecule has 0 N–H and O–H groups in total. The summed E-state index contributed by atoms with van der Waals surface area (Å²) in [5.41, 5.74) is 3.77. The van der Waals surface area contributed by atoms with Crippen LogP contribution >= 0.6 is 0 Å². The number of rotatable bonds is 2. The van der Waals surface area contributed by atoms with E-state index in [2.05, 4.69) is 6.07 Å². The van der Waals surface area contributed by atoms with Crippen LogP contribution in [0, 0.1) is 0 Å². The number of hydrogen-bond donors (Lipinski definition) is 0. The summed E-state index contributed by atoms with van der Waals surface area (Å²) in [5.74, 6) is 0.0652. The van der Waals surface area contributed by atoms with Crippen LogP contribution in [-0.4, -0.2) is 5.78 Å². The van der Waals surface area contributed by atoms with Crippen molar-refractivity contribution in [3.05, 3.63) is 82.9 Å². The van der Waals surface area contributed by atoms with Crippen molar-refractivity contribution in [3.8, 4) is 0 Å². The van der Waals surface area contributed by atoms with Crippen molar-refractivity contribution in [1.82, 2.24) is 0 Å². The molecule has 2 nitrogen and oxygen atoms in total. The van der Waals surface area contributed by atoms with E-state index in [1.54, 1.807) is 0 Å². The quantitative estimate of drug-likeness (QED) is 0.658. The zero-order valence-corrected chi connectivity index (χ0v) is 11.5. The van der Waals surface area contributed by atoms with Gasteiger partial charge >= 0.3 is 0 Å². The van der Waals surface area contributed by atoms with Gasteiger partial charge in [-0.2, -0.15) is 0 Å². The highest BCUT2D eigenvalue weighted by molar-refractivity contribution is 6.10. The second-order valence-electron chi connectivity index (χ2n) is 5.37. The first kappa shape index (κ1) is 12.3. The predicted octanol–water partition coefficient (Wildman–Crippen LogP) is 4.10. The number of carbonyl (C=O) groups excluding carboxylic acids is 1. The predicted molar refractivity (Wildman–Crippen MR) is 82.3 cm³/mol. The molecule has 0 saturated carbocycles. The van der Waals surface area contributed by atoms with Gasteiger partial charge in [0.2, 0.25) is 0 Å². The highest BCUT2D eigenvalue weighted by Gasteiger charge is 2.15. The van der Waals surface area contributed by atoms with E-state index in [0.717, 1.165) is 27.5 Å². The average molecular weight is 274 g/mol. The molecule has 0 radical (unpaired) electrons. The molecular weight excluding hydrogens is 260 g/mol. The number of fused-ring (bicyclic) bond motifs is 2. The minimum atomic E-state index is 0.0652. The molecule has 0 aliphatic carbocycles. The maximum atomic E-state index is 12.6. The fourth-order valence-electron chi connectivity index (χ4n) is 2.81. The van der Waals surface area contributed by atoms with Gasteiger partial charge in [-0.15, -0.1) is 0 Å². The summed E-state index contributed by atoms with van der Waals surface area (Å²) in [4.78, 5) is 12.6. The summed E-state index contributed by atoms with van der Waals surface area (Å²) in [6.07, 6.45) is 0. The summed E-state index contributed by atoms with van der Waals surface area (Å²) in [6.45, 7) is 1.26. The second-order valence-corrected chi connectivity index (χ2v) is 5.37. The van der Waals surface area contributed by atoms with E-state index < -0.39 is 0 Å². The number of hydrogen-bond acceptors (Lipinski definition) is 2. The van der Waals surface area contributed by atoms with Gasteiger partial charge in [0.15, 0.2) is 5.78 Å². The van der Waals surface area contributed by atoms with Crippen LogP contribution in [0.2, 0.25) is 0 Å². The number of ether oxygens (including phenoxy) is 1. The Bertz CT molecular complexity index is 849. The third-order valence-corrected chi connectivity index (χ3v) is 4.00. The Kier molecular flexibility index (Phi) is 2.83. The Morgan fingerprint density at radius 3 is 2.38 bits per heavy atom. The van der Waals surface area contributed by atoms with Crippen molar-refractivity contribution in [2.75, 3.05) is 0 Å². The van der Waals surface area contributed by atoms with Crippen LogP contribution in [0.15, 0.2) is 60.7 Å². The van der Waals surface area contributed by atoms with Gasteiger partial charge in [0.1, 0.15) is 0 Å². The Hall–Kier alpha value is -2.45. The molecule has 1 heterocycles. The summed E-state index contributed by atoms with van der Waals surface area (Å²) in [6, 6.07) is 19.8. The molecule has 0 unspecified atom stereocenters. The van der Waals surface area contributed by atoms with Crippen molar-refractivity contribution in [3.63, 3.8) is 0 Å². The van der Waals surface area contributed by atoms with Crippen LogP contribution in [0.25, 0.3) is 10.8 Å². The summed E-state index contributed by atoms with van der Waals surface area (Å²) >= 11 is 0. The SMILES string of the molecule is O=C(c1ccc2c(c1)COC2)c1ccc2ccccc2c1. The Morgan fingerprint density at radius 2 is 1.48 bits per heavy atom. The molecular formula is C19H14O2. The van der Waals surface area contributed by atoms with Crippen LogP contribution in [0.5, 0.6) is 0 Å². The molecule has 4 rings (SSSR count). The Labute approximate surface area is 123 Å². The molecule has 0 aromatic heterocycles. The van der Waals surface area contributed by atoms with E-state index >= 15 is 0 Å². The fourth-order valence-corrected chi connectivity index (χ4v) is 2.81. The average Bonchev–Trinajstić information content (AvgIpc) is 3.01. The van der Waals surface area contributed by atoms with E-state index in [-0.39, 0.29) is 5.78 Å². The fraction of sp³-hybridized carbons (Fsp3) is 0.105. The van der Waals surface area contributed by atoms with E-state index in [4.69, 9.17) is 4.74 Å². The number of ketones is 1. The molecule has 21 heavy (non-hydrogen) atoms. The lowest BCUT2D eigenvalue weighted by Crippen LogP contribution is -2.02. The van der Waals surface area contributed by atoms with Crippen LogP contribution in [0.3, 0.4) is 0 Å². The smallest absolute Gasteiger partial charge is 0.193 e. The van der Waals surface area contributed by atoms with Crippen LogP contribution < -0.4 is 0 Å². The van der Waals surface area contributed by atoms with Gasteiger partial charge in [0.05, 0.1) is 13.2 Å². The minimum absolute atomic E-state index is 0.0652. The van der Waals surface area contributed by atoms with E-state index in [0.29, 0.717) is 13.2 Å². The molecule has 0 atom stereocenters. The van der Waals surface area contributed by atoms with Gasteiger partial charge in [0.25, 0.3) is 0 Å². The van der Waals surface area contributed by atoms with Crippen LogP contribution in [0.4, 0.5) is 0 Å². The molecule has 2 heteroatoms. The lowest BCUT2D eigenvalue weighted by molar-refractivity contribution is 0.103. The van der Waals surface area contributed by atoms with Gasteiger partial charge in [-0.1, -0.05) is 48.5 Å². The first-order chi connectivity index (χ1) is 10.3. The topological polar surface area (TPSA) is 26.3 Å². The van der Waals surface area contributed by atoms with E-state index in [1.807, 2.05) is 54.6 Å². The third-order valence-electron chi connectivity index (χ3n) is 4.00. The summed E-state index contributed by atoms with van der Waals surface area (Å²) < 4.78 is 5.40. The highest BCUT2D eigenvalue weighted by Crippen LogP contribution is 2.23. The molecule has 0 bridgehead atoms. The maximum Gasteiger partial charge on any atom is 0.193 e. The van der Waals surface area contributed by atoms with Gasteiger partial charge in [-0.25, -0.2) is 0 Å². The summed E-state index contributed by atoms with van der Waals surface area (Å²) in [7, 11) is 0. The maximum absolute atomic E-state index is 12.6. The van der Waals surface area contributed by atoms with Gasteiger partial charge in [-0.05, 0) is 34.0 Å². The van der Waals surface area contributed by atoms with Crippen molar-refractivity contribution in [2.24, 2.45) is 0 Å². The molecule has 0 spiro atoms. The van der Waals surface area contributed by atoms with Gasteiger partial charge in [-0.3, -0.25) is 4.79 Å². The molecule has 1 aliphatic heterocycles. The van der Waals surface area contributed by atoms with E-state index in [1.165, 1.54) is 5.56 Å². The Morgan fingerprint density at radius 1 is 0.762 bits per heavy atom. The van der Waals surface area contributed by atoms with Gasteiger partial charge in [0, 0.05) is 11.1 Å². The van der Waals surface area contributed by atoms with Crippen molar-refractivity contribution in [2.45, 2.75) is 13.2 Å². The van der Waals surface area contributed by atoms with Crippen molar-refractivity contribution < 1.29 is 9.53 Å². The van der Waals surface area contributed by atoms with Crippen molar-refractivity contribution in [1.29, 1.82) is 0 Å². The normalized spacial score (nSPS) is 13.3. The zero-order chi connectivity index (χ0) is 14.2. The van der Waals surface area contributed by atoms with Gasteiger partial charge < -0.3 is 4.74 Å². The standard InChI is InChI=1S/C19H14O2/c20-19(16-7-8-17-11-21-12-18(17)10-16)15-6-5-13-3-1-2-4-14(13)9-15/h1-10H,11-12H2. The molecule has 102 valence electrons. The monoisotopic (exact) mass is 274 g/mol. The molecule has 3 aromatic carbocycles. The lowest BCUT2D eigenvalue weighted by Gasteiger charge is -2.05. The lowest BCUT2D eigenvalue weighted by atomic mass is 9.97. The molecule has 0 fully saturated rings. The molecule has 3 aromatic rings. The summed E-state index contributed by atoms with van der Waals surface area (Å²) in [5, 5.41) is 2.24. The number of carbonyl (C=O) groups is 1. The van der Waals surface area contributed by atoms with Crippen molar-refractivity contribution >= 4 is 16.6 Å². The highest BCUT2D eigenvalue weighted by atomic mass is 16.5. The first-order valence-corrected chi connectivity index (χ1v) is 7.04. The third kappa shape index (κ3) is 2.14. The molecule has 1 aliphatic rings. The number of benzene rings is 3.